The molecule has 1 aromatic heterocycles. The van der Waals surface area contributed by atoms with Crippen LogP contribution in [0.3, 0.4) is 0 Å². The Kier molecular flexibility index (Phi) is 5.01. The molecule has 1 fully saturated rings. The smallest absolute Gasteiger partial charge is 0.261 e. The predicted octanol–water partition coefficient (Wildman–Crippen LogP) is 2.78. The van der Waals surface area contributed by atoms with Crippen LogP contribution in [0.15, 0.2) is 47.5 Å². The summed E-state index contributed by atoms with van der Waals surface area (Å²) in [5, 5.41) is 3.20. The van der Waals surface area contributed by atoms with Gasteiger partial charge < -0.3 is 10.1 Å². The van der Waals surface area contributed by atoms with Crippen molar-refractivity contribution in [2.45, 2.75) is 30.8 Å². The minimum atomic E-state index is -3.60. The van der Waals surface area contributed by atoms with E-state index >= 15 is 0 Å². The molecule has 0 aliphatic carbocycles. The third-order valence-corrected chi connectivity index (χ3v) is 5.28. The van der Waals surface area contributed by atoms with E-state index in [-0.39, 0.29) is 11.0 Å². The lowest BCUT2D eigenvalue weighted by Crippen LogP contribution is -2.19. The molecule has 2 aromatic rings. The van der Waals surface area contributed by atoms with E-state index < -0.39 is 10.0 Å². The lowest BCUT2D eigenvalue weighted by Gasteiger charge is -2.12. The maximum atomic E-state index is 12.3. The van der Waals surface area contributed by atoms with Gasteiger partial charge in [0.1, 0.15) is 5.82 Å². The van der Waals surface area contributed by atoms with Gasteiger partial charge in [0.25, 0.3) is 10.0 Å². The Morgan fingerprint density at radius 3 is 2.62 bits per heavy atom. The van der Waals surface area contributed by atoms with Gasteiger partial charge in [-0.2, -0.15) is 0 Å². The van der Waals surface area contributed by atoms with Crippen molar-refractivity contribution in [2.75, 3.05) is 23.2 Å². The van der Waals surface area contributed by atoms with Gasteiger partial charge in [0.2, 0.25) is 0 Å². The SMILES string of the molecule is Cc1ccc(S(=O)(=O)Nc2ccc(NCC3CCCO3)nc2)cc1. The summed E-state index contributed by atoms with van der Waals surface area (Å²) >= 11 is 0. The molecule has 1 atom stereocenters. The molecule has 0 bridgehead atoms. The van der Waals surface area contributed by atoms with E-state index in [9.17, 15) is 8.42 Å². The van der Waals surface area contributed by atoms with E-state index in [1.54, 1.807) is 36.4 Å². The number of pyridine rings is 1. The van der Waals surface area contributed by atoms with Crippen molar-refractivity contribution in [3.8, 4) is 0 Å². The molecule has 6 nitrogen and oxygen atoms in total. The predicted molar refractivity (Wildman–Crippen MR) is 93.7 cm³/mol. The van der Waals surface area contributed by atoms with Crippen molar-refractivity contribution in [1.82, 2.24) is 4.98 Å². The van der Waals surface area contributed by atoms with Crippen LogP contribution in [-0.2, 0) is 14.8 Å². The first-order valence-corrected chi connectivity index (χ1v) is 9.42. The van der Waals surface area contributed by atoms with E-state index in [0.717, 1.165) is 25.0 Å². The zero-order chi connectivity index (χ0) is 17.0. The first-order valence-electron chi connectivity index (χ1n) is 7.94. The molecule has 24 heavy (non-hydrogen) atoms. The van der Waals surface area contributed by atoms with E-state index in [1.807, 2.05) is 6.92 Å². The Hall–Kier alpha value is -2.12. The van der Waals surface area contributed by atoms with E-state index in [1.165, 1.54) is 6.20 Å². The summed E-state index contributed by atoms with van der Waals surface area (Å²) in [5.41, 5.74) is 1.44. The average Bonchev–Trinajstić information content (AvgIpc) is 3.08. The van der Waals surface area contributed by atoms with Crippen LogP contribution in [0.5, 0.6) is 0 Å². The van der Waals surface area contributed by atoms with Gasteiger partial charge in [-0.25, -0.2) is 13.4 Å². The first-order chi connectivity index (χ1) is 11.5. The van der Waals surface area contributed by atoms with Crippen molar-refractivity contribution in [1.29, 1.82) is 0 Å². The van der Waals surface area contributed by atoms with Crippen LogP contribution in [-0.4, -0.2) is 32.7 Å². The largest absolute Gasteiger partial charge is 0.376 e. The van der Waals surface area contributed by atoms with Gasteiger partial charge in [0.15, 0.2) is 0 Å². The maximum absolute atomic E-state index is 12.3. The zero-order valence-corrected chi connectivity index (χ0v) is 14.3. The topological polar surface area (TPSA) is 80.3 Å². The number of aryl methyl sites for hydroxylation is 1. The molecule has 1 aliphatic heterocycles. The molecule has 0 spiro atoms. The second kappa shape index (κ2) is 7.19. The molecular formula is C17H21N3O3S. The molecule has 2 N–H and O–H groups in total. The highest BCUT2D eigenvalue weighted by Gasteiger charge is 2.16. The van der Waals surface area contributed by atoms with Gasteiger partial charge in [-0.1, -0.05) is 17.7 Å². The molecule has 0 amide bonds. The number of sulfonamides is 1. The van der Waals surface area contributed by atoms with Crippen molar-refractivity contribution in [2.24, 2.45) is 0 Å². The van der Waals surface area contributed by atoms with Gasteiger partial charge in [0, 0.05) is 13.2 Å². The first kappa shape index (κ1) is 16.7. The molecule has 0 radical (unpaired) electrons. The Bertz CT molecular complexity index is 768. The van der Waals surface area contributed by atoms with Crippen LogP contribution in [0, 0.1) is 6.92 Å². The van der Waals surface area contributed by atoms with Gasteiger partial charge >= 0.3 is 0 Å². The molecule has 1 aliphatic rings. The van der Waals surface area contributed by atoms with Crippen LogP contribution in [0.1, 0.15) is 18.4 Å². The summed E-state index contributed by atoms with van der Waals surface area (Å²) in [5.74, 6) is 0.698. The monoisotopic (exact) mass is 347 g/mol. The summed E-state index contributed by atoms with van der Waals surface area (Å²) in [6.45, 7) is 3.44. The third-order valence-electron chi connectivity index (χ3n) is 3.88. The number of aromatic nitrogens is 1. The number of ether oxygens (including phenoxy) is 1. The lowest BCUT2D eigenvalue weighted by atomic mass is 10.2. The van der Waals surface area contributed by atoms with E-state index in [0.29, 0.717) is 18.1 Å². The Balaban J connectivity index is 1.61. The number of nitrogens with one attached hydrogen (secondary N) is 2. The minimum Gasteiger partial charge on any atom is -0.376 e. The summed E-state index contributed by atoms with van der Waals surface area (Å²) in [4.78, 5) is 4.47. The minimum absolute atomic E-state index is 0.228. The number of nitrogens with zero attached hydrogens (tertiary/aromatic N) is 1. The second-order valence-electron chi connectivity index (χ2n) is 5.87. The fraction of sp³-hybridized carbons (Fsp3) is 0.353. The van der Waals surface area contributed by atoms with E-state index in [4.69, 9.17) is 4.74 Å². The standard InChI is InChI=1S/C17H21N3O3S/c1-13-4-7-16(8-5-13)24(21,22)20-14-6-9-17(18-11-14)19-12-15-3-2-10-23-15/h4-9,11,15,20H,2-3,10,12H2,1H3,(H,18,19). The highest BCUT2D eigenvalue weighted by atomic mass is 32.2. The normalized spacial score (nSPS) is 17.6. The Morgan fingerprint density at radius 2 is 2.00 bits per heavy atom. The van der Waals surface area contributed by atoms with Crippen LogP contribution >= 0.6 is 0 Å². The molecule has 3 rings (SSSR count). The fourth-order valence-electron chi connectivity index (χ4n) is 2.51. The van der Waals surface area contributed by atoms with Crippen LogP contribution in [0.4, 0.5) is 11.5 Å². The zero-order valence-electron chi connectivity index (χ0n) is 13.5. The van der Waals surface area contributed by atoms with Crippen molar-refractivity contribution in [3.05, 3.63) is 48.2 Å². The molecule has 2 heterocycles. The summed E-state index contributed by atoms with van der Waals surface area (Å²) in [6, 6.07) is 10.2. The highest BCUT2D eigenvalue weighted by molar-refractivity contribution is 7.92. The van der Waals surface area contributed by atoms with Gasteiger partial charge in [-0.3, -0.25) is 4.72 Å². The lowest BCUT2D eigenvalue weighted by molar-refractivity contribution is 0.120. The summed E-state index contributed by atoms with van der Waals surface area (Å²) in [7, 11) is -3.60. The number of rotatable bonds is 6. The Labute approximate surface area is 142 Å². The molecule has 0 saturated carbocycles. The van der Waals surface area contributed by atoms with E-state index in [2.05, 4.69) is 15.0 Å². The molecule has 128 valence electrons. The van der Waals surface area contributed by atoms with Gasteiger partial charge in [0.05, 0.1) is 22.9 Å². The number of hydrogen-bond donors (Lipinski definition) is 2. The highest BCUT2D eigenvalue weighted by Crippen LogP contribution is 2.18. The van der Waals surface area contributed by atoms with Crippen LogP contribution in [0.25, 0.3) is 0 Å². The van der Waals surface area contributed by atoms with Gasteiger partial charge in [-0.15, -0.1) is 0 Å². The second-order valence-corrected chi connectivity index (χ2v) is 7.55. The molecule has 7 heteroatoms. The molecule has 1 saturated heterocycles. The van der Waals surface area contributed by atoms with Crippen LogP contribution in [0.2, 0.25) is 0 Å². The third kappa shape index (κ3) is 4.24. The van der Waals surface area contributed by atoms with Crippen LogP contribution < -0.4 is 10.0 Å². The van der Waals surface area contributed by atoms with Gasteiger partial charge in [-0.05, 0) is 44.0 Å². The maximum Gasteiger partial charge on any atom is 0.261 e. The Morgan fingerprint density at radius 1 is 1.21 bits per heavy atom. The molecule has 1 aromatic carbocycles. The molecular weight excluding hydrogens is 326 g/mol. The van der Waals surface area contributed by atoms with Crippen molar-refractivity contribution >= 4 is 21.5 Å². The number of benzene rings is 1. The average molecular weight is 347 g/mol. The fourth-order valence-corrected chi connectivity index (χ4v) is 3.56. The number of anilines is 2. The summed E-state index contributed by atoms with van der Waals surface area (Å²) in [6.07, 6.45) is 3.89. The quantitative estimate of drug-likeness (QED) is 0.840. The van der Waals surface area contributed by atoms with Crippen molar-refractivity contribution in [3.63, 3.8) is 0 Å². The molecule has 1 unspecified atom stereocenters. The van der Waals surface area contributed by atoms with Crippen molar-refractivity contribution < 1.29 is 13.2 Å². The number of hydrogen-bond acceptors (Lipinski definition) is 5. The summed E-state index contributed by atoms with van der Waals surface area (Å²) < 4.78 is 32.7.